The van der Waals surface area contributed by atoms with Crippen molar-refractivity contribution in [2.24, 2.45) is 0 Å². The molecule has 0 unspecified atom stereocenters. The number of nitrogens with one attached hydrogen (secondary N) is 3. The van der Waals surface area contributed by atoms with Crippen LogP contribution in [0.5, 0.6) is 11.5 Å². The van der Waals surface area contributed by atoms with Gasteiger partial charge in [-0.2, -0.15) is 0 Å². The second-order valence-electron chi connectivity index (χ2n) is 10.1. The van der Waals surface area contributed by atoms with Crippen LogP contribution in [0.3, 0.4) is 0 Å². The van der Waals surface area contributed by atoms with Gasteiger partial charge in [0.05, 0.1) is 25.6 Å². The number of imidazole rings is 1. The Hall–Kier alpha value is -3.91. The zero-order chi connectivity index (χ0) is 28.6. The number of aromatic nitrogens is 2. The van der Waals surface area contributed by atoms with Gasteiger partial charge in [-0.15, -0.1) is 0 Å². The van der Waals surface area contributed by atoms with E-state index in [1.165, 1.54) is 0 Å². The molecule has 0 aliphatic rings. The van der Waals surface area contributed by atoms with E-state index < -0.39 is 0 Å². The van der Waals surface area contributed by atoms with Crippen LogP contribution in [0.25, 0.3) is 22.5 Å². The smallest absolute Gasteiger partial charge is 0.319 e. The Bertz CT molecular complexity index is 1320. The number of hydrogen-bond acceptors (Lipinski definition) is 5. The van der Waals surface area contributed by atoms with Gasteiger partial charge in [0.2, 0.25) is 0 Å². The van der Waals surface area contributed by atoms with Crippen molar-refractivity contribution in [2.75, 3.05) is 31.8 Å². The van der Waals surface area contributed by atoms with E-state index in [0.717, 1.165) is 56.0 Å². The van der Waals surface area contributed by atoms with E-state index in [2.05, 4.69) is 61.5 Å². The number of urea groups is 1. The molecule has 0 saturated carbocycles. The number of thioether (sulfide) groups is 1. The van der Waals surface area contributed by atoms with E-state index in [-0.39, 0.29) is 6.03 Å². The number of rotatable bonds is 11. The van der Waals surface area contributed by atoms with Gasteiger partial charge in [-0.3, -0.25) is 0 Å². The lowest BCUT2D eigenvalue weighted by Crippen LogP contribution is -2.31. The Morgan fingerprint density at radius 1 is 0.850 bits per heavy atom. The molecule has 2 amide bonds. The molecule has 7 nitrogen and oxygen atoms in total. The molecule has 0 spiro atoms. The molecule has 0 fully saturated rings. The summed E-state index contributed by atoms with van der Waals surface area (Å²) in [5.74, 6) is 2.87. The van der Waals surface area contributed by atoms with Gasteiger partial charge in [0.25, 0.3) is 0 Å². The van der Waals surface area contributed by atoms with Crippen molar-refractivity contribution in [3.8, 4) is 34.0 Å². The third-order valence-electron chi connectivity index (χ3n) is 6.66. The van der Waals surface area contributed by atoms with Gasteiger partial charge < -0.3 is 25.1 Å². The first kappa shape index (κ1) is 29.1. The average Bonchev–Trinajstić information content (AvgIpc) is 3.39. The second kappa shape index (κ2) is 13.4. The van der Waals surface area contributed by atoms with Crippen molar-refractivity contribution in [1.82, 2.24) is 15.3 Å². The predicted molar refractivity (Wildman–Crippen MR) is 165 cm³/mol. The first-order valence-corrected chi connectivity index (χ1v) is 14.5. The molecule has 0 aliphatic carbocycles. The maximum Gasteiger partial charge on any atom is 0.319 e. The number of hydrogen-bond donors (Lipinski definition) is 3. The minimum absolute atomic E-state index is 0.201. The van der Waals surface area contributed by atoms with Crippen LogP contribution in [-0.4, -0.2) is 42.5 Å². The molecule has 0 atom stereocenters. The van der Waals surface area contributed by atoms with E-state index in [9.17, 15) is 4.79 Å². The average molecular weight is 559 g/mol. The van der Waals surface area contributed by atoms with E-state index in [1.54, 1.807) is 26.0 Å². The number of para-hydroxylation sites is 1. The Kier molecular flexibility index (Phi) is 9.77. The van der Waals surface area contributed by atoms with Crippen LogP contribution in [-0.2, 0) is 0 Å². The molecule has 210 valence electrons. The lowest BCUT2D eigenvalue weighted by atomic mass is 9.93. The van der Waals surface area contributed by atoms with Crippen LogP contribution in [0.1, 0.15) is 50.7 Å². The summed E-state index contributed by atoms with van der Waals surface area (Å²) in [6.07, 6.45) is 0. The highest BCUT2D eigenvalue weighted by atomic mass is 32.2. The summed E-state index contributed by atoms with van der Waals surface area (Å²) < 4.78 is 10.6. The fraction of sp³-hybridized carbons (Fsp3) is 0.312. The Morgan fingerprint density at radius 2 is 1.40 bits per heavy atom. The number of H-pyrrole nitrogens is 1. The summed E-state index contributed by atoms with van der Waals surface area (Å²) in [6, 6.07) is 21.8. The molecule has 1 heterocycles. The van der Waals surface area contributed by atoms with Crippen molar-refractivity contribution < 1.29 is 14.3 Å². The van der Waals surface area contributed by atoms with Crippen LogP contribution in [0.4, 0.5) is 10.5 Å². The normalized spacial score (nSPS) is 11.1. The highest BCUT2D eigenvalue weighted by Crippen LogP contribution is 2.35. The van der Waals surface area contributed by atoms with Gasteiger partial charge in [0.15, 0.2) is 5.16 Å². The molecule has 1 aromatic heterocycles. The summed E-state index contributed by atoms with van der Waals surface area (Å²) in [5, 5.41) is 6.90. The quantitative estimate of drug-likeness (QED) is 0.129. The number of ether oxygens (including phenoxy) is 2. The van der Waals surface area contributed by atoms with Gasteiger partial charge in [0, 0.05) is 29.1 Å². The first-order valence-electron chi connectivity index (χ1n) is 13.5. The third kappa shape index (κ3) is 6.99. The number of methoxy groups -OCH3 is 2. The number of carbonyl (C=O) groups is 1. The fourth-order valence-corrected chi connectivity index (χ4v) is 5.24. The largest absolute Gasteiger partial charge is 0.497 e. The van der Waals surface area contributed by atoms with Crippen molar-refractivity contribution in [1.29, 1.82) is 0 Å². The topological polar surface area (TPSA) is 88.3 Å². The van der Waals surface area contributed by atoms with Crippen LogP contribution in [0.2, 0.25) is 0 Å². The van der Waals surface area contributed by atoms with E-state index in [0.29, 0.717) is 24.1 Å². The molecule has 0 aliphatic heterocycles. The lowest BCUT2D eigenvalue weighted by molar-refractivity contribution is 0.252. The summed E-state index contributed by atoms with van der Waals surface area (Å²) in [5.41, 5.74) is 6.97. The SMILES string of the molecule is COc1ccc(-c2nc(SCCNC(=O)Nc3c(C(C)C)cccc3C(C)C)[nH]c2-c2ccc(OC)cc2)cc1. The highest BCUT2D eigenvalue weighted by molar-refractivity contribution is 7.99. The monoisotopic (exact) mass is 558 g/mol. The van der Waals surface area contributed by atoms with E-state index in [4.69, 9.17) is 14.5 Å². The number of carbonyl (C=O) groups excluding carboxylic acids is 1. The molecule has 0 saturated heterocycles. The zero-order valence-electron chi connectivity index (χ0n) is 24.0. The summed E-state index contributed by atoms with van der Waals surface area (Å²) in [6.45, 7) is 9.06. The minimum Gasteiger partial charge on any atom is -0.497 e. The molecular weight excluding hydrogens is 520 g/mol. The molecule has 40 heavy (non-hydrogen) atoms. The van der Waals surface area contributed by atoms with Gasteiger partial charge in [-0.05, 0) is 71.5 Å². The first-order chi connectivity index (χ1) is 19.3. The maximum absolute atomic E-state index is 12.8. The maximum atomic E-state index is 12.8. The van der Waals surface area contributed by atoms with Crippen LogP contribution < -0.4 is 20.1 Å². The molecule has 0 bridgehead atoms. The van der Waals surface area contributed by atoms with Gasteiger partial charge >= 0.3 is 6.03 Å². The lowest BCUT2D eigenvalue weighted by Gasteiger charge is -2.20. The van der Waals surface area contributed by atoms with Crippen molar-refractivity contribution in [3.63, 3.8) is 0 Å². The second-order valence-corrected chi connectivity index (χ2v) is 11.2. The van der Waals surface area contributed by atoms with Gasteiger partial charge in [-0.1, -0.05) is 57.7 Å². The highest BCUT2D eigenvalue weighted by Gasteiger charge is 2.17. The molecule has 0 radical (unpaired) electrons. The van der Waals surface area contributed by atoms with Crippen molar-refractivity contribution in [2.45, 2.75) is 44.7 Å². The van der Waals surface area contributed by atoms with Crippen LogP contribution >= 0.6 is 11.8 Å². The number of nitrogens with zero attached hydrogens (tertiary/aromatic N) is 1. The van der Waals surface area contributed by atoms with Gasteiger partial charge in [0.1, 0.15) is 11.5 Å². The zero-order valence-corrected chi connectivity index (χ0v) is 24.8. The molecule has 4 rings (SSSR count). The Balaban J connectivity index is 1.45. The van der Waals surface area contributed by atoms with E-state index >= 15 is 0 Å². The van der Waals surface area contributed by atoms with Crippen LogP contribution in [0, 0.1) is 0 Å². The standard InChI is InChI=1S/C32H38N4O3S/c1-20(2)26-8-7-9-27(21(3)4)30(26)34-31(37)33-18-19-40-32-35-28(22-10-14-24(38-5)15-11-22)29(36-32)23-12-16-25(39-6)17-13-23/h7-17,20-21H,18-19H2,1-6H3,(H,35,36)(H2,33,34,37). The van der Waals surface area contributed by atoms with Crippen molar-refractivity contribution in [3.05, 3.63) is 77.9 Å². The minimum atomic E-state index is -0.201. The molecule has 4 aromatic rings. The summed E-state index contributed by atoms with van der Waals surface area (Å²) >= 11 is 1.57. The van der Waals surface area contributed by atoms with Gasteiger partial charge in [-0.25, -0.2) is 9.78 Å². The summed E-state index contributed by atoms with van der Waals surface area (Å²) in [4.78, 5) is 21.2. The van der Waals surface area contributed by atoms with E-state index in [1.807, 2.05) is 48.5 Å². The number of anilines is 1. The number of benzene rings is 3. The third-order valence-corrected chi connectivity index (χ3v) is 7.54. The van der Waals surface area contributed by atoms with Crippen LogP contribution in [0.15, 0.2) is 71.9 Å². The Labute approximate surface area is 241 Å². The molecular formula is C32H38N4O3S. The predicted octanol–water partition coefficient (Wildman–Crippen LogP) is 7.92. The molecule has 3 aromatic carbocycles. The number of amides is 2. The molecule has 8 heteroatoms. The summed E-state index contributed by atoms with van der Waals surface area (Å²) in [7, 11) is 3.31. The van der Waals surface area contributed by atoms with Crippen molar-refractivity contribution >= 4 is 23.5 Å². The molecule has 3 N–H and O–H groups in total. The number of aromatic amines is 1. The Morgan fingerprint density at radius 3 is 1.93 bits per heavy atom. The fourth-order valence-electron chi connectivity index (χ4n) is 4.51.